The van der Waals surface area contributed by atoms with Crippen molar-refractivity contribution in [3.05, 3.63) is 65.2 Å². The van der Waals surface area contributed by atoms with Gasteiger partial charge in [0.1, 0.15) is 5.75 Å². The second kappa shape index (κ2) is 8.00. The molecule has 1 N–H and O–H groups in total. The van der Waals surface area contributed by atoms with Crippen LogP contribution in [0.4, 0.5) is 0 Å². The summed E-state index contributed by atoms with van der Waals surface area (Å²) in [4.78, 5) is 12.4. The van der Waals surface area contributed by atoms with Crippen LogP contribution in [0.3, 0.4) is 0 Å². The Morgan fingerprint density at radius 2 is 1.58 bits per heavy atom. The van der Waals surface area contributed by atoms with Crippen LogP contribution in [-0.2, 0) is 4.79 Å². The van der Waals surface area contributed by atoms with Gasteiger partial charge in [0, 0.05) is 0 Å². The van der Waals surface area contributed by atoms with Crippen molar-refractivity contribution in [1.82, 2.24) is 5.32 Å². The Morgan fingerprint density at radius 3 is 2.21 bits per heavy atom. The highest BCUT2D eigenvalue weighted by atomic mass is 16.5. The summed E-state index contributed by atoms with van der Waals surface area (Å²) in [7, 11) is 0. The lowest BCUT2D eigenvalue weighted by molar-refractivity contribution is -0.127. The Morgan fingerprint density at radius 1 is 0.958 bits per heavy atom. The number of rotatable bonds is 6. The fraction of sp³-hybridized carbons (Fsp3) is 0.381. The molecule has 1 amide bonds. The van der Waals surface area contributed by atoms with Gasteiger partial charge in [0.15, 0.2) is 6.10 Å². The molecule has 0 spiro atoms. The summed E-state index contributed by atoms with van der Waals surface area (Å²) in [6, 6.07) is 16.0. The van der Waals surface area contributed by atoms with Crippen molar-refractivity contribution in [1.29, 1.82) is 0 Å². The minimum atomic E-state index is -0.544. The molecule has 0 heterocycles. The zero-order chi connectivity index (χ0) is 17.7. The fourth-order valence-electron chi connectivity index (χ4n) is 2.58. The quantitative estimate of drug-likeness (QED) is 0.831. The first-order valence-electron chi connectivity index (χ1n) is 8.51. The highest BCUT2D eigenvalue weighted by molar-refractivity contribution is 5.81. The number of hydrogen-bond acceptors (Lipinski definition) is 2. The van der Waals surface area contributed by atoms with Gasteiger partial charge in [-0.2, -0.15) is 0 Å². The monoisotopic (exact) mass is 325 g/mol. The summed E-state index contributed by atoms with van der Waals surface area (Å²) in [5, 5.41) is 3.02. The number of benzene rings is 2. The Labute approximate surface area is 145 Å². The molecule has 0 aromatic heterocycles. The van der Waals surface area contributed by atoms with Crippen molar-refractivity contribution < 1.29 is 9.53 Å². The molecule has 0 aliphatic rings. The van der Waals surface area contributed by atoms with E-state index in [1.54, 1.807) is 6.92 Å². The van der Waals surface area contributed by atoms with E-state index in [0.717, 1.165) is 16.9 Å². The van der Waals surface area contributed by atoms with Gasteiger partial charge in [-0.3, -0.25) is 4.79 Å². The van der Waals surface area contributed by atoms with Gasteiger partial charge in [-0.05, 0) is 43.9 Å². The van der Waals surface area contributed by atoms with E-state index >= 15 is 0 Å². The first-order chi connectivity index (χ1) is 11.4. The fourth-order valence-corrected chi connectivity index (χ4v) is 2.58. The van der Waals surface area contributed by atoms with Crippen LogP contribution in [-0.4, -0.2) is 12.0 Å². The van der Waals surface area contributed by atoms with Gasteiger partial charge in [0.2, 0.25) is 0 Å². The summed E-state index contributed by atoms with van der Waals surface area (Å²) < 4.78 is 5.91. The van der Waals surface area contributed by atoms with Gasteiger partial charge < -0.3 is 10.1 Å². The molecule has 0 aliphatic carbocycles. The van der Waals surface area contributed by atoms with Crippen LogP contribution >= 0.6 is 0 Å². The molecule has 128 valence electrons. The van der Waals surface area contributed by atoms with E-state index in [2.05, 4.69) is 38.2 Å². The molecule has 0 aliphatic heterocycles. The van der Waals surface area contributed by atoms with E-state index in [0.29, 0.717) is 5.92 Å². The topological polar surface area (TPSA) is 38.3 Å². The number of hydrogen-bond donors (Lipinski definition) is 1. The number of amides is 1. The number of para-hydroxylation sites is 1. The van der Waals surface area contributed by atoms with Gasteiger partial charge in [-0.15, -0.1) is 0 Å². The zero-order valence-corrected chi connectivity index (χ0v) is 15.2. The van der Waals surface area contributed by atoms with Gasteiger partial charge in [0.05, 0.1) is 6.04 Å². The molecule has 0 saturated carbocycles. The maximum absolute atomic E-state index is 12.4. The summed E-state index contributed by atoms with van der Waals surface area (Å²) in [6.45, 7) is 10.1. The van der Waals surface area contributed by atoms with Crippen molar-refractivity contribution in [2.45, 2.75) is 52.7 Å². The lowest BCUT2D eigenvalue weighted by Crippen LogP contribution is -2.37. The first-order valence-corrected chi connectivity index (χ1v) is 8.51. The number of carbonyl (C=O) groups excluding carboxylic acids is 1. The molecule has 2 aromatic rings. The third-order valence-electron chi connectivity index (χ3n) is 4.15. The summed E-state index contributed by atoms with van der Waals surface area (Å²) >= 11 is 0. The van der Waals surface area contributed by atoms with Crippen molar-refractivity contribution >= 4 is 5.91 Å². The molecule has 3 nitrogen and oxygen atoms in total. The van der Waals surface area contributed by atoms with Gasteiger partial charge in [-0.1, -0.05) is 61.9 Å². The lowest BCUT2D eigenvalue weighted by atomic mass is 10.0. The first kappa shape index (κ1) is 18.1. The number of carbonyl (C=O) groups is 1. The molecule has 24 heavy (non-hydrogen) atoms. The minimum Gasteiger partial charge on any atom is -0.481 e. The number of nitrogens with one attached hydrogen (secondary N) is 1. The second-order valence-corrected chi connectivity index (χ2v) is 6.59. The van der Waals surface area contributed by atoms with E-state index in [-0.39, 0.29) is 11.9 Å². The Balaban J connectivity index is 2.01. The van der Waals surface area contributed by atoms with Crippen LogP contribution in [0.5, 0.6) is 5.75 Å². The van der Waals surface area contributed by atoms with Crippen LogP contribution in [0.1, 0.15) is 56.3 Å². The number of ether oxygens (including phenoxy) is 1. The van der Waals surface area contributed by atoms with E-state index in [4.69, 9.17) is 4.74 Å². The maximum Gasteiger partial charge on any atom is 0.261 e. The highest BCUT2D eigenvalue weighted by Gasteiger charge is 2.19. The molecular weight excluding hydrogens is 298 g/mol. The third kappa shape index (κ3) is 4.60. The van der Waals surface area contributed by atoms with Gasteiger partial charge in [-0.25, -0.2) is 0 Å². The van der Waals surface area contributed by atoms with Crippen LogP contribution in [0.2, 0.25) is 0 Å². The van der Waals surface area contributed by atoms with Crippen molar-refractivity contribution in [2.75, 3.05) is 0 Å². The van der Waals surface area contributed by atoms with Crippen molar-refractivity contribution in [2.24, 2.45) is 0 Å². The molecule has 2 aromatic carbocycles. The SMILES string of the molecule is Cc1ccc([C@H](C)NC(=O)[C@@H](C)Oc2ccccc2C(C)C)cc1. The Hall–Kier alpha value is -2.29. The van der Waals surface area contributed by atoms with E-state index < -0.39 is 6.10 Å². The van der Waals surface area contributed by atoms with Crippen LogP contribution in [0, 0.1) is 6.92 Å². The highest BCUT2D eigenvalue weighted by Crippen LogP contribution is 2.26. The summed E-state index contributed by atoms with van der Waals surface area (Å²) in [6.07, 6.45) is -0.544. The van der Waals surface area contributed by atoms with Gasteiger partial charge in [0.25, 0.3) is 5.91 Å². The van der Waals surface area contributed by atoms with Crippen molar-refractivity contribution in [3.63, 3.8) is 0 Å². The molecule has 0 unspecified atom stereocenters. The number of aryl methyl sites for hydroxylation is 1. The maximum atomic E-state index is 12.4. The standard InChI is InChI=1S/C21H27NO2/c1-14(2)19-8-6-7-9-20(19)24-17(5)21(23)22-16(4)18-12-10-15(3)11-13-18/h6-14,16-17H,1-5H3,(H,22,23)/t16-,17+/m0/s1. The molecule has 0 saturated heterocycles. The second-order valence-electron chi connectivity index (χ2n) is 6.59. The largest absolute Gasteiger partial charge is 0.481 e. The Bertz CT molecular complexity index is 676. The molecule has 2 rings (SSSR count). The lowest BCUT2D eigenvalue weighted by Gasteiger charge is -2.21. The molecule has 0 radical (unpaired) electrons. The normalized spacial score (nSPS) is 13.4. The van der Waals surface area contributed by atoms with Crippen LogP contribution in [0.25, 0.3) is 0 Å². The molecule has 0 fully saturated rings. The third-order valence-corrected chi connectivity index (χ3v) is 4.15. The minimum absolute atomic E-state index is 0.0514. The van der Waals surface area contributed by atoms with Crippen LogP contribution < -0.4 is 10.1 Å². The van der Waals surface area contributed by atoms with E-state index in [9.17, 15) is 4.79 Å². The smallest absolute Gasteiger partial charge is 0.261 e. The van der Waals surface area contributed by atoms with Crippen molar-refractivity contribution in [3.8, 4) is 5.75 Å². The van der Waals surface area contributed by atoms with E-state index in [1.807, 2.05) is 43.3 Å². The molecule has 3 heteroatoms. The molecular formula is C21H27NO2. The predicted molar refractivity (Wildman–Crippen MR) is 98.4 cm³/mol. The predicted octanol–water partition coefficient (Wildman–Crippen LogP) is 4.76. The average molecular weight is 325 g/mol. The van der Waals surface area contributed by atoms with Crippen LogP contribution in [0.15, 0.2) is 48.5 Å². The molecule has 2 atom stereocenters. The Kier molecular flexibility index (Phi) is 6.02. The van der Waals surface area contributed by atoms with E-state index in [1.165, 1.54) is 5.56 Å². The average Bonchev–Trinajstić information content (AvgIpc) is 2.55. The van der Waals surface area contributed by atoms with Gasteiger partial charge >= 0.3 is 0 Å². The summed E-state index contributed by atoms with van der Waals surface area (Å²) in [5.41, 5.74) is 3.41. The summed E-state index contributed by atoms with van der Waals surface area (Å²) in [5.74, 6) is 1.02. The molecule has 0 bridgehead atoms. The zero-order valence-electron chi connectivity index (χ0n) is 15.2.